The second-order valence-corrected chi connectivity index (χ2v) is 12.8. The summed E-state index contributed by atoms with van der Waals surface area (Å²) in [7, 11) is 0. The number of fused-ring (bicyclic) bond motifs is 6. The number of rotatable bonds is 8. The predicted octanol–water partition coefficient (Wildman–Crippen LogP) is 13.6. The number of nitrogens with zero attached hydrogens (tertiary/aromatic N) is 1. The molecule has 236 valence electrons. The van der Waals surface area contributed by atoms with Gasteiger partial charge in [0.2, 0.25) is 0 Å². The molecule has 0 aliphatic heterocycles. The Kier molecular flexibility index (Phi) is 7.24. The van der Waals surface area contributed by atoms with Crippen LogP contribution in [0.15, 0.2) is 167 Å². The third-order valence-corrected chi connectivity index (χ3v) is 9.65. The van der Waals surface area contributed by atoms with Gasteiger partial charge in [-0.25, -0.2) is 0 Å². The molecule has 3 heteroatoms. The van der Waals surface area contributed by atoms with Crippen LogP contribution in [0.3, 0.4) is 0 Å². The fourth-order valence-electron chi connectivity index (χ4n) is 7.21. The Morgan fingerprint density at radius 2 is 1.06 bits per heavy atom. The van der Waals surface area contributed by atoms with Crippen molar-refractivity contribution >= 4 is 60.9 Å². The summed E-state index contributed by atoms with van der Waals surface area (Å²) in [5, 5.41) is 4.62. The maximum atomic E-state index is 6.55. The van der Waals surface area contributed by atoms with Crippen molar-refractivity contribution in [3.63, 3.8) is 0 Å². The van der Waals surface area contributed by atoms with Gasteiger partial charge in [0.25, 0.3) is 0 Å². The first-order chi connectivity index (χ1) is 24.2. The third-order valence-electron chi connectivity index (χ3n) is 9.65. The summed E-state index contributed by atoms with van der Waals surface area (Å²) >= 11 is 0. The molecule has 49 heavy (non-hydrogen) atoms. The molecule has 3 nitrogen and oxygen atoms in total. The highest BCUT2D eigenvalue weighted by Gasteiger charge is 2.18. The Labute approximate surface area is 285 Å². The van der Waals surface area contributed by atoms with E-state index in [1.807, 2.05) is 12.1 Å². The maximum Gasteiger partial charge on any atom is 0.143 e. The Morgan fingerprint density at radius 1 is 0.449 bits per heavy atom. The Hall–Kier alpha value is -6.06. The highest BCUT2D eigenvalue weighted by Crippen LogP contribution is 2.41. The van der Waals surface area contributed by atoms with Crippen molar-refractivity contribution in [2.75, 3.05) is 4.90 Å². The number of hydrogen-bond acceptors (Lipinski definition) is 3. The first-order valence-corrected chi connectivity index (χ1v) is 17.2. The maximum absolute atomic E-state index is 6.55. The molecule has 0 aliphatic carbocycles. The highest BCUT2D eigenvalue weighted by molar-refractivity contribution is 6.11. The minimum Gasteiger partial charge on any atom is -0.455 e. The van der Waals surface area contributed by atoms with E-state index in [1.54, 1.807) is 0 Å². The van der Waals surface area contributed by atoms with Crippen LogP contribution in [-0.2, 0) is 6.42 Å². The second-order valence-electron chi connectivity index (χ2n) is 12.8. The van der Waals surface area contributed by atoms with Gasteiger partial charge in [0.1, 0.15) is 22.3 Å². The standard InChI is InChI=1S/C46H35NO2/c1-2-3-12-31-23-28-44-42(29-31)41-21-11-19-38(46(41)49-44)33-13-9-16-36(30-33)47(34-14-5-4-6-15-34)35-26-24-32(25-27-35)37-18-10-20-40-39-17-7-8-22-43(39)48-45(37)40/h4-11,13-30H,2-3,12H2,1H3. The molecule has 0 radical (unpaired) electrons. The van der Waals surface area contributed by atoms with E-state index in [1.165, 1.54) is 23.8 Å². The fraction of sp³-hybridized carbons (Fsp3) is 0.0870. The Bertz CT molecular complexity index is 2590. The molecule has 0 saturated heterocycles. The molecule has 0 unspecified atom stereocenters. The van der Waals surface area contributed by atoms with Crippen LogP contribution in [0.1, 0.15) is 25.3 Å². The molecule has 0 N–H and O–H groups in total. The Morgan fingerprint density at radius 3 is 1.84 bits per heavy atom. The number of para-hydroxylation sites is 4. The molecule has 0 bridgehead atoms. The molecule has 9 aromatic rings. The minimum atomic E-state index is 0.909. The van der Waals surface area contributed by atoms with E-state index < -0.39 is 0 Å². The van der Waals surface area contributed by atoms with E-state index in [9.17, 15) is 0 Å². The number of anilines is 3. The molecule has 0 saturated carbocycles. The van der Waals surface area contributed by atoms with E-state index in [-0.39, 0.29) is 0 Å². The molecule has 0 fully saturated rings. The SMILES string of the molecule is CCCCc1ccc2oc3c(-c4cccc(N(c5ccccc5)c5ccc(-c6cccc7c6oc6ccccc67)cc5)c4)cccc3c2c1. The van der Waals surface area contributed by atoms with Crippen molar-refractivity contribution in [2.24, 2.45) is 0 Å². The van der Waals surface area contributed by atoms with Gasteiger partial charge in [0, 0.05) is 49.7 Å². The summed E-state index contributed by atoms with van der Waals surface area (Å²) in [5.74, 6) is 0. The molecular weight excluding hydrogens is 599 g/mol. The van der Waals surface area contributed by atoms with E-state index >= 15 is 0 Å². The van der Waals surface area contributed by atoms with E-state index in [4.69, 9.17) is 8.83 Å². The molecule has 0 amide bonds. The number of furan rings is 2. The summed E-state index contributed by atoms with van der Waals surface area (Å²) in [6.07, 6.45) is 3.47. The van der Waals surface area contributed by atoms with Crippen molar-refractivity contribution in [2.45, 2.75) is 26.2 Å². The number of hydrogen-bond donors (Lipinski definition) is 0. The molecule has 2 aromatic heterocycles. The largest absolute Gasteiger partial charge is 0.455 e. The molecule has 0 spiro atoms. The van der Waals surface area contributed by atoms with Gasteiger partial charge < -0.3 is 13.7 Å². The van der Waals surface area contributed by atoms with Gasteiger partial charge in [-0.05, 0) is 84.1 Å². The van der Waals surface area contributed by atoms with Crippen LogP contribution in [0.5, 0.6) is 0 Å². The minimum absolute atomic E-state index is 0.909. The van der Waals surface area contributed by atoms with Crippen molar-refractivity contribution in [3.05, 3.63) is 163 Å². The average molecular weight is 634 g/mol. The van der Waals surface area contributed by atoms with Crippen molar-refractivity contribution in [1.82, 2.24) is 0 Å². The van der Waals surface area contributed by atoms with Crippen molar-refractivity contribution < 1.29 is 8.83 Å². The average Bonchev–Trinajstić information content (AvgIpc) is 3.73. The van der Waals surface area contributed by atoms with Gasteiger partial charge in [-0.3, -0.25) is 0 Å². The highest BCUT2D eigenvalue weighted by atomic mass is 16.3. The summed E-state index contributed by atoms with van der Waals surface area (Å²) in [4.78, 5) is 2.31. The molecule has 7 aromatic carbocycles. The van der Waals surface area contributed by atoms with Crippen LogP contribution < -0.4 is 4.90 Å². The summed E-state index contributed by atoms with van der Waals surface area (Å²) in [6, 6.07) is 55.9. The number of aryl methyl sites for hydroxylation is 1. The lowest BCUT2D eigenvalue weighted by Crippen LogP contribution is -2.09. The number of benzene rings is 7. The first kappa shape index (κ1) is 29.1. The van der Waals surface area contributed by atoms with Gasteiger partial charge in [0.05, 0.1) is 0 Å². The summed E-state index contributed by atoms with van der Waals surface area (Å²) in [6.45, 7) is 2.24. The zero-order valence-electron chi connectivity index (χ0n) is 27.4. The van der Waals surface area contributed by atoms with E-state index in [0.29, 0.717) is 0 Å². The van der Waals surface area contributed by atoms with Crippen LogP contribution in [0.2, 0.25) is 0 Å². The van der Waals surface area contributed by atoms with Gasteiger partial charge in [-0.2, -0.15) is 0 Å². The van der Waals surface area contributed by atoms with Crippen LogP contribution >= 0.6 is 0 Å². The van der Waals surface area contributed by atoms with Crippen LogP contribution in [0.25, 0.3) is 66.1 Å². The topological polar surface area (TPSA) is 29.5 Å². The zero-order chi connectivity index (χ0) is 32.7. The third kappa shape index (κ3) is 5.15. The fourth-order valence-corrected chi connectivity index (χ4v) is 7.21. The van der Waals surface area contributed by atoms with Gasteiger partial charge in [-0.1, -0.05) is 116 Å². The lowest BCUT2D eigenvalue weighted by Gasteiger charge is -2.26. The number of unbranched alkanes of at least 4 members (excludes halogenated alkanes) is 1. The molecule has 0 atom stereocenters. The second kappa shape index (κ2) is 12.2. The Balaban J connectivity index is 1.12. The van der Waals surface area contributed by atoms with Gasteiger partial charge in [0.15, 0.2) is 0 Å². The lowest BCUT2D eigenvalue weighted by molar-refractivity contribution is 0.669. The molecule has 2 heterocycles. The van der Waals surface area contributed by atoms with Crippen LogP contribution in [-0.4, -0.2) is 0 Å². The van der Waals surface area contributed by atoms with E-state index in [0.717, 1.165) is 84.2 Å². The van der Waals surface area contributed by atoms with Gasteiger partial charge in [-0.15, -0.1) is 0 Å². The van der Waals surface area contributed by atoms with E-state index in [2.05, 4.69) is 157 Å². The molecule has 9 rings (SSSR count). The smallest absolute Gasteiger partial charge is 0.143 e. The summed E-state index contributed by atoms with van der Waals surface area (Å²) in [5.41, 5.74) is 12.7. The summed E-state index contributed by atoms with van der Waals surface area (Å²) < 4.78 is 12.9. The van der Waals surface area contributed by atoms with Crippen molar-refractivity contribution in [1.29, 1.82) is 0 Å². The monoisotopic (exact) mass is 633 g/mol. The first-order valence-electron chi connectivity index (χ1n) is 17.2. The lowest BCUT2D eigenvalue weighted by atomic mass is 10.00. The normalized spacial score (nSPS) is 11.6. The van der Waals surface area contributed by atoms with Crippen molar-refractivity contribution in [3.8, 4) is 22.3 Å². The van der Waals surface area contributed by atoms with Gasteiger partial charge >= 0.3 is 0 Å². The van der Waals surface area contributed by atoms with Crippen LogP contribution in [0, 0.1) is 0 Å². The molecule has 0 aliphatic rings. The zero-order valence-corrected chi connectivity index (χ0v) is 27.4. The molecular formula is C46H35NO2. The quantitative estimate of drug-likeness (QED) is 0.167. The predicted molar refractivity (Wildman–Crippen MR) is 205 cm³/mol. The van der Waals surface area contributed by atoms with Crippen LogP contribution in [0.4, 0.5) is 17.1 Å².